The molecule has 0 radical (unpaired) electrons. The molecule has 0 aliphatic heterocycles. The number of H-pyrrole nitrogens is 1. The van der Waals surface area contributed by atoms with E-state index in [0.717, 1.165) is 4.88 Å². The van der Waals surface area contributed by atoms with Crippen LogP contribution in [0.3, 0.4) is 0 Å². The van der Waals surface area contributed by atoms with Crippen LogP contribution in [0.25, 0.3) is 22.1 Å². The normalized spacial score (nSPS) is 10.6. The fourth-order valence-electron chi connectivity index (χ4n) is 1.71. The van der Waals surface area contributed by atoms with Crippen molar-refractivity contribution >= 4 is 11.3 Å². The van der Waals surface area contributed by atoms with Crippen LogP contribution in [0.15, 0.2) is 35.7 Å². The molecular weight excluding hydrogens is 265 g/mol. The van der Waals surface area contributed by atoms with E-state index in [4.69, 9.17) is 4.74 Å². The molecule has 0 unspecified atom stereocenters. The fraction of sp³-hybridized carbons (Fsp3) is 0.0769. The summed E-state index contributed by atoms with van der Waals surface area (Å²) in [4.78, 5) is 5.40. The van der Waals surface area contributed by atoms with Crippen LogP contribution in [-0.4, -0.2) is 22.3 Å². The van der Waals surface area contributed by atoms with Crippen molar-refractivity contribution < 1.29 is 9.13 Å². The zero-order chi connectivity index (χ0) is 13.2. The van der Waals surface area contributed by atoms with Crippen LogP contribution in [0.4, 0.5) is 4.39 Å². The maximum absolute atomic E-state index is 13.3. The van der Waals surface area contributed by atoms with Crippen molar-refractivity contribution in [2.24, 2.45) is 0 Å². The van der Waals surface area contributed by atoms with E-state index in [1.807, 2.05) is 17.5 Å². The monoisotopic (exact) mass is 275 g/mol. The first-order chi connectivity index (χ1) is 9.28. The first-order valence-corrected chi connectivity index (χ1v) is 6.46. The molecule has 2 heterocycles. The molecule has 0 atom stereocenters. The second-order valence-electron chi connectivity index (χ2n) is 3.83. The molecule has 0 bridgehead atoms. The molecule has 0 saturated heterocycles. The van der Waals surface area contributed by atoms with Crippen LogP contribution in [0.1, 0.15) is 0 Å². The Morgan fingerprint density at radius 2 is 2.21 bits per heavy atom. The molecule has 3 rings (SSSR count). The first kappa shape index (κ1) is 11.9. The van der Waals surface area contributed by atoms with Gasteiger partial charge in [0, 0.05) is 5.56 Å². The zero-order valence-electron chi connectivity index (χ0n) is 10.1. The Bertz CT molecular complexity index is 694. The SMILES string of the molecule is COc1cc(-c2n[nH]c(-c3cccs3)n2)ccc1F. The number of methoxy groups -OCH3 is 1. The Labute approximate surface area is 112 Å². The minimum atomic E-state index is -0.403. The third-order valence-electron chi connectivity index (χ3n) is 2.65. The minimum absolute atomic E-state index is 0.181. The standard InChI is InChI=1S/C13H10FN3OS/c1-18-10-7-8(4-5-9(10)14)12-15-13(17-16-12)11-3-2-6-19-11/h2-7H,1H3,(H,15,16,17). The lowest BCUT2D eigenvalue weighted by atomic mass is 10.2. The van der Waals surface area contributed by atoms with E-state index in [2.05, 4.69) is 15.2 Å². The molecule has 0 fully saturated rings. The minimum Gasteiger partial charge on any atom is -0.494 e. The molecule has 4 nitrogen and oxygen atoms in total. The van der Waals surface area contributed by atoms with E-state index in [9.17, 15) is 4.39 Å². The summed E-state index contributed by atoms with van der Waals surface area (Å²) < 4.78 is 18.3. The van der Waals surface area contributed by atoms with Crippen LogP contribution in [0.2, 0.25) is 0 Å². The van der Waals surface area contributed by atoms with Crippen molar-refractivity contribution in [1.29, 1.82) is 0 Å². The fourth-order valence-corrected chi connectivity index (χ4v) is 2.38. The van der Waals surface area contributed by atoms with E-state index in [1.54, 1.807) is 23.5 Å². The van der Waals surface area contributed by atoms with Crippen LogP contribution in [0.5, 0.6) is 5.75 Å². The maximum Gasteiger partial charge on any atom is 0.181 e. The number of benzene rings is 1. The Kier molecular flexibility index (Phi) is 3.00. The van der Waals surface area contributed by atoms with Crippen LogP contribution in [0, 0.1) is 5.82 Å². The van der Waals surface area contributed by atoms with Gasteiger partial charge in [0.1, 0.15) is 0 Å². The molecule has 0 aliphatic carbocycles. The highest BCUT2D eigenvalue weighted by Gasteiger charge is 2.11. The summed E-state index contributed by atoms with van der Waals surface area (Å²) in [5.74, 6) is 0.996. The van der Waals surface area contributed by atoms with Gasteiger partial charge in [-0.15, -0.1) is 11.3 Å². The highest BCUT2D eigenvalue weighted by atomic mass is 32.1. The lowest BCUT2D eigenvalue weighted by molar-refractivity contribution is 0.387. The second-order valence-corrected chi connectivity index (χ2v) is 4.78. The van der Waals surface area contributed by atoms with E-state index in [0.29, 0.717) is 17.2 Å². The predicted octanol–water partition coefficient (Wildman–Crippen LogP) is 3.35. The molecule has 19 heavy (non-hydrogen) atoms. The van der Waals surface area contributed by atoms with E-state index in [1.165, 1.54) is 13.2 Å². The second kappa shape index (κ2) is 4.81. The van der Waals surface area contributed by atoms with Crippen LogP contribution in [-0.2, 0) is 0 Å². The van der Waals surface area contributed by atoms with Gasteiger partial charge in [-0.2, -0.15) is 5.10 Å². The van der Waals surface area contributed by atoms with E-state index in [-0.39, 0.29) is 5.75 Å². The molecule has 96 valence electrons. The summed E-state index contributed by atoms with van der Waals surface area (Å²) in [6.07, 6.45) is 0. The van der Waals surface area contributed by atoms with Crippen molar-refractivity contribution in [3.05, 3.63) is 41.5 Å². The molecule has 0 spiro atoms. The molecule has 6 heteroatoms. The highest BCUT2D eigenvalue weighted by molar-refractivity contribution is 7.13. The number of ether oxygens (including phenoxy) is 1. The molecule has 2 aromatic heterocycles. The largest absolute Gasteiger partial charge is 0.494 e. The van der Waals surface area contributed by atoms with Crippen LogP contribution >= 0.6 is 11.3 Å². The van der Waals surface area contributed by atoms with Gasteiger partial charge in [0.05, 0.1) is 12.0 Å². The Hall–Kier alpha value is -2.21. The van der Waals surface area contributed by atoms with Crippen molar-refractivity contribution in [1.82, 2.24) is 15.2 Å². The van der Waals surface area contributed by atoms with Gasteiger partial charge in [-0.05, 0) is 29.6 Å². The maximum atomic E-state index is 13.3. The zero-order valence-corrected chi connectivity index (χ0v) is 10.9. The summed E-state index contributed by atoms with van der Waals surface area (Å²) in [5, 5.41) is 8.98. The third kappa shape index (κ3) is 2.22. The summed E-state index contributed by atoms with van der Waals surface area (Å²) in [6, 6.07) is 8.45. The summed E-state index contributed by atoms with van der Waals surface area (Å²) in [5.41, 5.74) is 0.706. The van der Waals surface area contributed by atoms with Gasteiger partial charge >= 0.3 is 0 Å². The van der Waals surface area contributed by atoms with Crippen molar-refractivity contribution in [2.45, 2.75) is 0 Å². The average molecular weight is 275 g/mol. The number of rotatable bonds is 3. The number of aromatic nitrogens is 3. The molecule has 1 N–H and O–H groups in total. The van der Waals surface area contributed by atoms with Crippen molar-refractivity contribution in [3.8, 4) is 27.8 Å². The lowest BCUT2D eigenvalue weighted by Crippen LogP contribution is -1.89. The molecule has 0 amide bonds. The molecular formula is C13H10FN3OS. The Morgan fingerprint density at radius 1 is 1.32 bits per heavy atom. The number of aromatic amines is 1. The van der Waals surface area contributed by atoms with Gasteiger partial charge in [-0.25, -0.2) is 9.37 Å². The quantitative estimate of drug-likeness (QED) is 0.797. The molecule has 1 aromatic carbocycles. The van der Waals surface area contributed by atoms with Gasteiger partial charge in [0.15, 0.2) is 23.2 Å². The molecule has 3 aromatic rings. The number of hydrogen-bond donors (Lipinski definition) is 1. The predicted molar refractivity (Wildman–Crippen MR) is 71.6 cm³/mol. The average Bonchev–Trinajstić information content (AvgIpc) is 3.10. The third-order valence-corrected chi connectivity index (χ3v) is 3.53. The topological polar surface area (TPSA) is 50.8 Å². The van der Waals surface area contributed by atoms with Gasteiger partial charge in [0.2, 0.25) is 0 Å². The van der Waals surface area contributed by atoms with E-state index < -0.39 is 5.82 Å². The number of nitrogens with one attached hydrogen (secondary N) is 1. The lowest BCUT2D eigenvalue weighted by Gasteiger charge is -2.02. The van der Waals surface area contributed by atoms with E-state index >= 15 is 0 Å². The number of thiophene rings is 1. The number of halogens is 1. The number of nitrogens with zero attached hydrogens (tertiary/aromatic N) is 2. The van der Waals surface area contributed by atoms with Crippen LogP contribution < -0.4 is 4.74 Å². The van der Waals surface area contributed by atoms with Gasteiger partial charge in [-0.3, -0.25) is 5.10 Å². The van der Waals surface area contributed by atoms with Crippen molar-refractivity contribution in [2.75, 3.05) is 7.11 Å². The molecule has 0 aliphatic rings. The summed E-state index contributed by atoms with van der Waals surface area (Å²) >= 11 is 1.58. The summed E-state index contributed by atoms with van der Waals surface area (Å²) in [6.45, 7) is 0. The Balaban J connectivity index is 1.99. The van der Waals surface area contributed by atoms with Gasteiger partial charge in [0.25, 0.3) is 0 Å². The van der Waals surface area contributed by atoms with Gasteiger partial charge in [-0.1, -0.05) is 6.07 Å². The Morgan fingerprint density at radius 3 is 2.95 bits per heavy atom. The molecule has 0 saturated carbocycles. The summed E-state index contributed by atoms with van der Waals surface area (Å²) in [7, 11) is 1.43. The smallest absolute Gasteiger partial charge is 0.181 e. The van der Waals surface area contributed by atoms with Crippen molar-refractivity contribution in [3.63, 3.8) is 0 Å². The highest BCUT2D eigenvalue weighted by Crippen LogP contribution is 2.26. The first-order valence-electron chi connectivity index (χ1n) is 5.58. The van der Waals surface area contributed by atoms with Gasteiger partial charge < -0.3 is 4.74 Å². The number of hydrogen-bond acceptors (Lipinski definition) is 4.